The highest BCUT2D eigenvalue weighted by Crippen LogP contribution is 2.31. The van der Waals surface area contributed by atoms with Crippen LogP contribution in [0.3, 0.4) is 0 Å². The summed E-state index contributed by atoms with van der Waals surface area (Å²) in [6, 6.07) is 3.39. The van der Waals surface area contributed by atoms with Gasteiger partial charge in [-0.2, -0.15) is 0 Å². The molecule has 0 bridgehead atoms. The average molecular weight is 366 g/mol. The van der Waals surface area contributed by atoms with Crippen LogP contribution in [0.25, 0.3) is 0 Å². The number of urea groups is 1. The van der Waals surface area contributed by atoms with E-state index >= 15 is 0 Å². The maximum atomic E-state index is 12.4. The van der Waals surface area contributed by atoms with Gasteiger partial charge in [0, 0.05) is 17.1 Å². The number of imide groups is 1. The quantitative estimate of drug-likeness (QED) is 0.815. The summed E-state index contributed by atoms with van der Waals surface area (Å²) in [6.45, 7) is 6.52. The summed E-state index contributed by atoms with van der Waals surface area (Å²) in [5.74, 6) is 0.559. The summed E-state index contributed by atoms with van der Waals surface area (Å²) >= 11 is 6.21. The van der Waals surface area contributed by atoms with E-state index in [-0.39, 0.29) is 31.1 Å². The fourth-order valence-electron chi connectivity index (χ4n) is 3.33. The number of aryl methyl sites for hydroxylation is 1. The van der Waals surface area contributed by atoms with E-state index in [0.717, 1.165) is 42.8 Å². The summed E-state index contributed by atoms with van der Waals surface area (Å²) < 4.78 is 6.24. The van der Waals surface area contributed by atoms with Gasteiger partial charge in [-0.25, -0.2) is 4.79 Å². The van der Waals surface area contributed by atoms with E-state index in [1.54, 1.807) is 6.07 Å². The Balaban J connectivity index is 1.84. The van der Waals surface area contributed by atoms with Gasteiger partial charge >= 0.3 is 6.03 Å². The van der Waals surface area contributed by atoms with Gasteiger partial charge in [0.1, 0.15) is 18.4 Å². The van der Waals surface area contributed by atoms with Crippen LogP contribution < -0.4 is 10.1 Å². The van der Waals surface area contributed by atoms with Crippen LogP contribution >= 0.6 is 11.6 Å². The third-order valence-electron chi connectivity index (χ3n) is 4.73. The lowest BCUT2D eigenvalue weighted by molar-refractivity contribution is -0.125. The van der Waals surface area contributed by atoms with Crippen molar-refractivity contribution in [3.8, 4) is 5.75 Å². The van der Waals surface area contributed by atoms with E-state index in [9.17, 15) is 9.59 Å². The van der Waals surface area contributed by atoms with Crippen molar-refractivity contribution in [3.05, 3.63) is 28.3 Å². The van der Waals surface area contributed by atoms with Crippen LogP contribution in [0.1, 0.15) is 30.9 Å². The first kappa shape index (κ1) is 18.0. The van der Waals surface area contributed by atoms with Crippen molar-refractivity contribution in [1.29, 1.82) is 0 Å². The van der Waals surface area contributed by atoms with Crippen LogP contribution in [-0.4, -0.2) is 54.0 Å². The molecule has 3 rings (SSSR count). The molecule has 2 aliphatic rings. The summed E-state index contributed by atoms with van der Waals surface area (Å²) in [5.41, 5.74) is 1.70. The van der Waals surface area contributed by atoms with Crippen LogP contribution in [0.5, 0.6) is 5.75 Å². The van der Waals surface area contributed by atoms with Crippen molar-refractivity contribution in [3.63, 3.8) is 0 Å². The largest absolute Gasteiger partial charge is 0.490 e. The number of carbonyl (C=O) groups is 2. The second-order valence-corrected chi connectivity index (χ2v) is 6.99. The van der Waals surface area contributed by atoms with E-state index < -0.39 is 0 Å². The van der Waals surface area contributed by atoms with Crippen LogP contribution in [0, 0.1) is 6.92 Å². The van der Waals surface area contributed by atoms with Crippen molar-refractivity contribution in [2.75, 3.05) is 26.2 Å². The average Bonchev–Trinajstić information content (AvgIpc) is 2.86. The number of likely N-dealkylation sites (N-methyl/N-ethyl adjacent to an activating group) is 1. The molecular weight excluding hydrogens is 342 g/mol. The lowest BCUT2D eigenvalue weighted by atomic mass is 10.1. The highest BCUT2D eigenvalue weighted by atomic mass is 35.5. The van der Waals surface area contributed by atoms with Crippen molar-refractivity contribution < 1.29 is 14.3 Å². The normalized spacial score (nSPS) is 19.0. The van der Waals surface area contributed by atoms with E-state index in [0.29, 0.717) is 11.6 Å². The molecule has 0 unspecified atom stereocenters. The molecule has 1 aromatic rings. The number of piperidine rings is 1. The molecular formula is C18H24ClN3O3. The number of hydrogen-bond donors (Lipinski definition) is 1. The van der Waals surface area contributed by atoms with Gasteiger partial charge in [0.15, 0.2) is 0 Å². The van der Waals surface area contributed by atoms with Gasteiger partial charge in [0.2, 0.25) is 0 Å². The van der Waals surface area contributed by atoms with Crippen LogP contribution in [0.4, 0.5) is 4.79 Å². The Hall–Kier alpha value is -1.79. The van der Waals surface area contributed by atoms with E-state index in [1.165, 1.54) is 9.80 Å². The topological polar surface area (TPSA) is 61.9 Å². The molecule has 2 aliphatic heterocycles. The molecule has 0 aromatic heterocycles. The Morgan fingerprint density at radius 3 is 2.64 bits per heavy atom. The van der Waals surface area contributed by atoms with Gasteiger partial charge in [-0.1, -0.05) is 11.6 Å². The second kappa shape index (κ2) is 7.62. The fraction of sp³-hybridized carbons (Fsp3) is 0.556. The Morgan fingerprint density at radius 2 is 2.00 bits per heavy atom. The Labute approximate surface area is 153 Å². The van der Waals surface area contributed by atoms with Crippen molar-refractivity contribution in [1.82, 2.24) is 15.1 Å². The number of benzene rings is 1. The van der Waals surface area contributed by atoms with Gasteiger partial charge in [0.05, 0.1) is 6.54 Å². The predicted molar refractivity (Wildman–Crippen MR) is 95.9 cm³/mol. The minimum atomic E-state index is -0.252. The van der Waals surface area contributed by atoms with E-state index in [4.69, 9.17) is 16.3 Å². The number of amides is 3. The van der Waals surface area contributed by atoms with Gasteiger partial charge < -0.3 is 15.0 Å². The number of carbonyl (C=O) groups excluding carboxylic acids is 2. The smallest absolute Gasteiger partial charge is 0.327 e. The van der Waals surface area contributed by atoms with Crippen LogP contribution in [-0.2, 0) is 11.3 Å². The first-order chi connectivity index (χ1) is 12.0. The minimum Gasteiger partial charge on any atom is -0.490 e. The van der Waals surface area contributed by atoms with E-state index in [2.05, 4.69) is 5.32 Å². The number of rotatable bonds is 5. The van der Waals surface area contributed by atoms with Gasteiger partial charge in [-0.3, -0.25) is 9.69 Å². The molecule has 2 saturated heterocycles. The van der Waals surface area contributed by atoms with Crippen molar-refractivity contribution in [2.24, 2.45) is 0 Å². The third kappa shape index (κ3) is 3.90. The number of hydrogen-bond acceptors (Lipinski definition) is 4. The molecule has 136 valence electrons. The fourth-order valence-corrected chi connectivity index (χ4v) is 3.63. The Kier molecular flexibility index (Phi) is 5.49. The molecule has 3 amide bonds. The molecule has 25 heavy (non-hydrogen) atoms. The number of nitrogens with zero attached hydrogens (tertiary/aromatic N) is 2. The maximum Gasteiger partial charge on any atom is 0.327 e. The molecule has 0 spiro atoms. The molecule has 0 radical (unpaired) electrons. The van der Waals surface area contributed by atoms with Gasteiger partial charge in [-0.05, 0) is 57.5 Å². The summed E-state index contributed by atoms with van der Waals surface area (Å²) in [7, 11) is 0. The Morgan fingerprint density at radius 1 is 1.28 bits per heavy atom. The highest BCUT2D eigenvalue weighted by Gasteiger charge is 2.35. The lowest BCUT2D eigenvalue weighted by Crippen LogP contribution is -2.35. The second-order valence-electron chi connectivity index (χ2n) is 6.55. The zero-order valence-electron chi connectivity index (χ0n) is 14.7. The summed E-state index contributed by atoms with van der Waals surface area (Å²) in [4.78, 5) is 27.4. The molecule has 7 heteroatoms. The Bertz CT molecular complexity index is 674. The molecule has 1 aromatic carbocycles. The minimum absolute atomic E-state index is 0.136. The third-order valence-corrected chi connectivity index (χ3v) is 4.94. The molecule has 1 N–H and O–H groups in total. The zero-order valence-corrected chi connectivity index (χ0v) is 15.4. The number of halogens is 1. The molecule has 0 aliphatic carbocycles. The monoisotopic (exact) mass is 365 g/mol. The standard InChI is InChI=1S/C18H24ClN3O3/c1-3-21-11-16(23)22(18(21)24)10-13-9-14(19)8-12(2)17(13)25-15-4-6-20-7-5-15/h8-9,15,20H,3-7,10-11H2,1-2H3. The van der Waals surface area contributed by atoms with Gasteiger partial charge in [0.25, 0.3) is 5.91 Å². The SMILES string of the molecule is CCN1CC(=O)N(Cc2cc(Cl)cc(C)c2OC2CCNCC2)C1=O. The first-order valence-electron chi connectivity index (χ1n) is 8.75. The number of nitrogens with one attached hydrogen (secondary N) is 1. The van der Waals surface area contributed by atoms with Crippen LogP contribution in [0.2, 0.25) is 5.02 Å². The van der Waals surface area contributed by atoms with Crippen molar-refractivity contribution >= 4 is 23.5 Å². The predicted octanol–water partition coefficient (Wildman–Crippen LogP) is 2.56. The van der Waals surface area contributed by atoms with Gasteiger partial charge in [-0.15, -0.1) is 0 Å². The molecule has 2 fully saturated rings. The highest BCUT2D eigenvalue weighted by molar-refractivity contribution is 6.30. The molecule has 0 saturated carbocycles. The van der Waals surface area contributed by atoms with Crippen LogP contribution in [0.15, 0.2) is 12.1 Å². The molecule has 6 nitrogen and oxygen atoms in total. The molecule has 0 atom stereocenters. The first-order valence-corrected chi connectivity index (χ1v) is 9.13. The number of ether oxygens (including phenoxy) is 1. The molecule has 2 heterocycles. The maximum absolute atomic E-state index is 12.4. The summed E-state index contributed by atoms with van der Waals surface area (Å²) in [5, 5.41) is 3.90. The summed E-state index contributed by atoms with van der Waals surface area (Å²) in [6.07, 6.45) is 2.01. The van der Waals surface area contributed by atoms with Crippen molar-refractivity contribution in [2.45, 2.75) is 39.3 Å². The lowest BCUT2D eigenvalue weighted by Gasteiger charge is -2.27. The van der Waals surface area contributed by atoms with E-state index in [1.807, 2.05) is 19.9 Å². The zero-order chi connectivity index (χ0) is 18.0.